The Morgan fingerprint density at radius 3 is 1.55 bits per heavy atom. The highest BCUT2D eigenvalue weighted by Crippen LogP contribution is 2.34. The second-order valence-corrected chi connectivity index (χ2v) is 4.29. The summed E-state index contributed by atoms with van der Waals surface area (Å²) < 4.78 is 5.17. The molecular formula is C16H13O4. The van der Waals surface area contributed by atoms with Crippen molar-refractivity contribution < 1.29 is 19.4 Å². The third-order valence-electron chi connectivity index (χ3n) is 2.94. The van der Waals surface area contributed by atoms with Gasteiger partial charge in [-0.05, 0) is 0 Å². The van der Waals surface area contributed by atoms with Crippen molar-refractivity contribution in [3.63, 3.8) is 0 Å². The van der Waals surface area contributed by atoms with E-state index in [2.05, 4.69) is 0 Å². The minimum atomic E-state index is -1.94. The second-order valence-electron chi connectivity index (χ2n) is 4.29. The normalized spacial score (nSPS) is 10.8. The van der Waals surface area contributed by atoms with Crippen LogP contribution in [0.15, 0.2) is 60.7 Å². The SMILES string of the molecule is CC(=O)OC(C([O])=O)(c1ccccc1)c1ccccc1. The summed E-state index contributed by atoms with van der Waals surface area (Å²) in [5.41, 5.74) is -1.27. The lowest BCUT2D eigenvalue weighted by molar-refractivity contribution is -0.177. The van der Waals surface area contributed by atoms with Crippen molar-refractivity contribution in [1.29, 1.82) is 0 Å². The van der Waals surface area contributed by atoms with E-state index in [-0.39, 0.29) is 0 Å². The Morgan fingerprint density at radius 2 is 1.25 bits per heavy atom. The fraction of sp³-hybridized carbons (Fsp3) is 0.125. The molecule has 0 aromatic heterocycles. The number of carbonyl (C=O) groups excluding carboxylic acids is 2. The number of hydrogen-bond donors (Lipinski definition) is 0. The van der Waals surface area contributed by atoms with Crippen molar-refractivity contribution in [2.45, 2.75) is 12.5 Å². The van der Waals surface area contributed by atoms with Gasteiger partial charge >= 0.3 is 11.9 Å². The van der Waals surface area contributed by atoms with Gasteiger partial charge in [0.15, 0.2) is 0 Å². The third-order valence-corrected chi connectivity index (χ3v) is 2.94. The number of rotatable bonds is 4. The van der Waals surface area contributed by atoms with E-state index >= 15 is 0 Å². The maximum Gasteiger partial charge on any atom is 0.408 e. The molecule has 2 aromatic rings. The minimum absolute atomic E-state index is 0.335. The Kier molecular flexibility index (Phi) is 3.84. The molecule has 0 unspecified atom stereocenters. The van der Waals surface area contributed by atoms with E-state index in [4.69, 9.17) is 4.74 Å². The molecule has 0 spiro atoms. The molecule has 0 bridgehead atoms. The van der Waals surface area contributed by atoms with Gasteiger partial charge in [-0.2, -0.15) is 0 Å². The molecule has 0 saturated carbocycles. The highest BCUT2D eigenvalue weighted by molar-refractivity contribution is 5.86. The summed E-state index contributed by atoms with van der Waals surface area (Å²) >= 11 is 0. The molecule has 0 atom stereocenters. The molecule has 2 rings (SSSR count). The highest BCUT2D eigenvalue weighted by Gasteiger charge is 2.47. The van der Waals surface area contributed by atoms with E-state index in [1.807, 2.05) is 0 Å². The van der Waals surface area contributed by atoms with Crippen LogP contribution in [0.3, 0.4) is 0 Å². The van der Waals surface area contributed by atoms with E-state index in [0.717, 1.165) is 0 Å². The van der Waals surface area contributed by atoms with Crippen molar-refractivity contribution in [2.24, 2.45) is 0 Å². The van der Waals surface area contributed by atoms with Crippen LogP contribution in [-0.2, 0) is 25.0 Å². The minimum Gasteiger partial charge on any atom is -0.437 e. The zero-order chi connectivity index (χ0) is 14.6. The fourth-order valence-electron chi connectivity index (χ4n) is 2.12. The topological polar surface area (TPSA) is 63.3 Å². The standard InChI is InChI=1S/C16H13O4/c1-12(17)20-16(15(18)19,13-8-4-2-5-9-13)14-10-6-3-7-11-14/h2-11H,1H3. The molecule has 1 radical (unpaired) electrons. The molecule has 0 amide bonds. The molecule has 4 heteroatoms. The molecule has 20 heavy (non-hydrogen) atoms. The van der Waals surface area contributed by atoms with Crippen molar-refractivity contribution >= 4 is 11.9 Å². The molecular weight excluding hydrogens is 256 g/mol. The summed E-state index contributed by atoms with van der Waals surface area (Å²) in [6, 6.07) is 16.6. The van der Waals surface area contributed by atoms with E-state index in [0.29, 0.717) is 11.1 Å². The zero-order valence-electron chi connectivity index (χ0n) is 10.9. The number of carbonyl (C=O) groups is 2. The number of benzene rings is 2. The summed E-state index contributed by atoms with van der Waals surface area (Å²) in [5, 5.41) is 11.8. The lowest BCUT2D eigenvalue weighted by Crippen LogP contribution is -2.40. The number of ether oxygens (including phenoxy) is 1. The van der Waals surface area contributed by atoms with Gasteiger partial charge in [0.1, 0.15) is 0 Å². The Labute approximate surface area is 116 Å². The smallest absolute Gasteiger partial charge is 0.408 e. The molecule has 0 N–H and O–H groups in total. The first kappa shape index (κ1) is 13.8. The van der Waals surface area contributed by atoms with E-state index < -0.39 is 17.5 Å². The van der Waals surface area contributed by atoms with Crippen molar-refractivity contribution in [3.8, 4) is 0 Å². The van der Waals surface area contributed by atoms with Crippen LogP contribution < -0.4 is 0 Å². The van der Waals surface area contributed by atoms with Gasteiger partial charge in [-0.25, -0.2) is 9.90 Å². The van der Waals surface area contributed by atoms with Gasteiger partial charge in [0.05, 0.1) is 0 Å². The third kappa shape index (κ3) is 2.40. The first-order valence-corrected chi connectivity index (χ1v) is 6.09. The summed E-state index contributed by atoms with van der Waals surface area (Å²) in [7, 11) is 0. The predicted octanol–water partition coefficient (Wildman–Crippen LogP) is 2.45. The molecule has 4 nitrogen and oxygen atoms in total. The van der Waals surface area contributed by atoms with Gasteiger partial charge in [0, 0.05) is 18.1 Å². The van der Waals surface area contributed by atoms with Crippen molar-refractivity contribution in [1.82, 2.24) is 0 Å². The Balaban J connectivity index is 2.69. The van der Waals surface area contributed by atoms with E-state index in [1.54, 1.807) is 60.7 Å². The van der Waals surface area contributed by atoms with Gasteiger partial charge in [-0.1, -0.05) is 60.7 Å². The first-order valence-electron chi connectivity index (χ1n) is 6.09. The quantitative estimate of drug-likeness (QED) is 0.801. The van der Waals surface area contributed by atoms with E-state index in [9.17, 15) is 14.7 Å². The Morgan fingerprint density at radius 1 is 0.850 bits per heavy atom. The molecule has 0 heterocycles. The molecule has 0 fully saturated rings. The number of hydrogen-bond acceptors (Lipinski definition) is 3. The molecule has 101 valence electrons. The Hall–Kier alpha value is -2.62. The van der Waals surface area contributed by atoms with Crippen molar-refractivity contribution in [2.75, 3.05) is 0 Å². The lowest BCUT2D eigenvalue weighted by Gasteiger charge is -2.28. The van der Waals surface area contributed by atoms with Crippen molar-refractivity contribution in [3.05, 3.63) is 71.8 Å². The van der Waals surface area contributed by atoms with Gasteiger partial charge < -0.3 is 4.74 Å². The van der Waals surface area contributed by atoms with Crippen LogP contribution in [0.4, 0.5) is 0 Å². The number of esters is 1. The average Bonchev–Trinajstić information content (AvgIpc) is 2.46. The Bertz CT molecular complexity index is 565. The van der Waals surface area contributed by atoms with Crippen LogP contribution in [-0.4, -0.2) is 11.9 Å². The summed E-state index contributed by atoms with van der Waals surface area (Å²) in [4.78, 5) is 23.2. The average molecular weight is 269 g/mol. The van der Waals surface area contributed by atoms with Crippen LogP contribution in [0.2, 0.25) is 0 Å². The lowest BCUT2D eigenvalue weighted by atomic mass is 9.86. The fourth-order valence-corrected chi connectivity index (χ4v) is 2.12. The summed E-state index contributed by atoms with van der Waals surface area (Å²) in [5.74, 6) is -2.17. The van der Waals surface area contributed by atoms with Crippen LogP contribution in [0, 0.1) is 0 Å². The van der Waals surface area contributed by atoms with Gasteiger partial charge in [0.2, 0.25) is 0 Å². The summed E-state index contributed by atoms with van der Waals surface area (Å²) in [6.07, 6.45) is 0. The zero-order valence-corrected chi connectivity index (χ0v) is 10.9. The largest absolute Gasteiger partial charge is 0.437 e. The molecule has 2 aromatic carbocycles. The van der Waals surface area contributed by atoms with Crippen LogP contribution >= 0.6 is 0 Å². The molecule has 0 aliphatic heterocycles. The maximum atomic E-state index is 11.8. The molecule has 0 aliphatic rings. The molecule has 0 saturated heterocycles. The first-order chi connectivity index (χ1) is 9.57. The summed E-state index contributed by atoms with van der Waals surface area (Å²) in [6.45, 7) is 1.17. The second kappa shape index (κ2) is 5.57. The predicted molar refractivity (Wildman–Crippen MR) is 71.1 cm³/mol. The van der Waals surface area contributed by atoms with Crippen LogP contribution in [0.25, 0.3) is 0 Å². The van der Waals surface area contributed by atoms with Gasteiger partial charge in [0.25, 0.3) is 5.60 Å². The van der Waals surface area contributed by atoms with Crippen LogP contribution in [0.1, 0.15) is 18.1 Å². The maximum absolute atomic E-state index is 11.8. The van der Waals surface area contributed by atoms with Crippen LogP contribution in [0.5, 0.6) is 0 Å². The van der Waals surface area contributed by atoms with E-state index in [1.165, 1.54) is 6.92 Å². The van der Waals surface area contributed by atoms with Gasteiger partial charge in [-0.3, -0.25) is 4.79 Å². The highest BCUT2D eigenvalue weighted by atomic mass is 16.6. The van der Waals surface area contributed by atoms with Gasteiger partial charge in [-0.15, -0.1) is 0 Å². The molecule has 0 aliphatic carbocycles. The monoisotopic (exact) mass is 269 g/mol.